The number of aromatic nitrogens is 2. The summed E-state index contributed by atoms with van der Waals surface area (Å²) in [4.78, 5) is 23.3. The minimum Gasteiger partial charge on any atom is -0.325 e. The quantitative estimate of drug-likeness (QED) is 0.877. The van der Waals surface area contributed by atoms with E-state index >= 15 is 0 Å². The largest absolute Gasteiger partial charge is 0.325 e. The number of aryl methyl sites for hydroxylation is 1. The molecular formula is C16H18N4OS. The van der Waals surface area contributed by atoms with Crippen molar-refractivity contribution in [2.75, 3.05) is 12.4 Å². The molecule has 1 N–H and O–H groups in total. The number of carbonyl (C=O) groups is 1. The zero-order valence-corrected chi connectivity index (χ0v) is 13.4. The van der Waals surface area contributed by atoms with Gasteiger partial charge in [-0.1, -0.05) is 0 Å². The lowest BCUT2D eigenvalue weighted by atomic mass is 10.2. The van der Waals surface area contributed by atoms with Gasteiger partial charge in [0.1, 0.15) is 0 Å². The topological polar surface area (TPSA) is 58.1 Å². The van der Waals surface area contributed by atoms with Crippen LogP contribution in [0.3, 0.4) is 0 Å². The molecule has 2 amide bonds. The van der Waals surface area contributed by atoms with Crippen LogP contribution >= 0.6 is 11.8 Å². The first-order chi connectivity index (χ1) is 10.6. The average Bonchev–Trinajstić information content (AvgIpc) is 3.35. The summed E-state index contributed by atoms with van der Waals surface area (Å²) >= 11 is 1.51. The summed E-state index contributed by atoms with van der Waals surface area (Å²) in [5.41, 5.74) is 1.87. The van der Waals surface area contributed by atoms with Gasteiger partial charge in [0.05, 0.1) is 0 Å². The molecule has 0 unspecified atom stereocenters. The standard InChI is InChI=1S/C16H18N4OS/c1-11-10-13(22-15-17-8-3-9-18-15)6-7-14(11)19-16(21)20(2)12-4-5-12/h3,6-10,12H,4-5H2,1-2H3,(H,19,21). The summed E-state index contributed by atoms with van der Waals surface area (Å²) in [6, 6.07) is 8.10. The zero-order valence-electron chi connectivity index (χ0n) is 12.6. The number of urea groups is 1. The van der Waals surface area contributed by atoms with Gasteiger partial charge in [-0.3, -0.25) is 0 Å². The molecule has 1 fully saturated rings. The van der Waals surface area contributed by atoms with Gasteiger partial charge in [-0.25, -0.2) is 14.8 Å². The maximum atomic E-state index is 12.1. The van der Waals surface area contributed by atoms with E-state index in [1.54, 1.807) is 23.4 Å². The van der Waals surface area contributed by atoms with Crippen LogP contribution in [0.2, 0.25) is 0 Å². The smallest absolute Gasteiger partial charge is 0.321 e. The van der Waals surface area contributed by atoms with Gasteiger partial charge >= 0.3 is 6.03 Å². The molecule has 0 radical (unpaired) electrons. The molecule has 1 aromatic carbocycles. The van der Waals surface area contributed by atoms with E-state index in [0.717, 1.165) is 29.0 Å². The zero-order chi connectivity index (χ0) is 15.5. The van der Waals surface area contributed by atoms with Gasteiger partial charge < -0.3 is 10.2 Å². The van der Waals surface area contributed by atoms with Crippen LogP contribution in [0, 0.1) is 6.92 Å². The minimum atomic E-state index is -0.0441. The van der Waals surface area contributed by atoms with Crippen molar-refractivity contribution in [3.8, 4) is 0 Å². The molecular weight excluding hydrogens is 296 g/mol. The van der Waals surface area contributed by atoms with E-state index in [4.69, 9.17) is 0 Å². The number of rotatable bonds is 4. The summed E-state index contributed by atoms with van der Waals surface area (Å²) < 4.78 is 0. The third-order valence-corrected chi connectivity index (χ3v) is 4.49. The molecule has 0 aliphatic heterocycles. The fraction of sp³-hybridized carbons (Fsp3) is 0.312. The van der Waals surface area contributed by atoms with Crippen LogP contribution in [-0.4, -0.2) is 34.0 Å². The Morgan fingerprint density at radius 3 is 2.68 bits per heavy atom. The SMILES string of the molecule is Cc1cc(Sc2ncccn2)ccc1NC(=O)N(C)C1CC1. The molecule has 5 nitrogen and oxygen atoms in total. The van der Waals surface area contributed by atoms with Gasteiger partial charge in [0.25, 0.3) is 0 Å². The average molecular weight is 314 g/mol. The highest BCUT2D eigenvalue weighted by molar-refractivity contribution is 7.99. The van der Waals surface area contributed by atoms with Crippen molar-refractivity contribution in [3.05, 3.63) is 42.2 Å². The highest BCUT2D eigenvalue weighted by Gasteiger charge is 2.29. The first-order valence-electron chi connectivity index (χ1n) is 7.23. The second kappa shape index (κ2) is 6.36. The van der Waals surface area contributed by atoms with E-state index in [1.807, 2.05) is 32.2 Å². The number of benzene rings is 1. The monoisotopic (exact) mass is 314 g/mol. The maximum absolute atomic E-state index is 12.1. The van der Waals surface area contributed by atoms with E-state index in [2.05, 4.69) is 15.3 Å². The Kier molecular flexibility index (Phi) is 4.29. The fourth-order valence-electron chi connectivity index (χ4n) is 2.11. The van der Waals surface area contributed by atoms with Gasteiger partial charge in [-0.15, -0.1) is 0 Å². The van der Waals surface area contributed by atoms with Gasteiger partial charge in [-0.2, -0.15) is 0 Å². The summed E-state index contributed by atoms with van der Waals surface area (Å²) in [6.45, 7) is 1.99. The van der Waals surface area contributed by atoms with Gasteiger partial charge in [0.2, 0.25) is 0 Å². The van der Waals surface area contributed by atoms with Crippen molar-refractivity contribution in [2.45, 2.75) is 35.9 Å². The number of nitrogens with one attached hydrogen (secondary N) is 1. The van der Waals surface area contributed by atoms with Gasteiger partial charge in [-0.05, 0) is 61.4 Å². The van der Waals surface area contributed by atoms with Crippen molar-refractivity contribution >= 4 is 23.5 Å². The first-order valence-corrected chi connectivity index (χ1v) is 8.04. The number of hydrogen-bond acceptors (Lipinski definition) is 4. The van der Waals surface area contributed by atoms with Crippen LogP contribution in [-0.2, 0) is 0 Å². The minimum absolute atomic E-state index is 0.0441. The third kappa shape index (κ3) is 3.57. The molecule has 0 spiro atoms. The Balaban J connectivity index is 1.68. The van der Waals surface area contributed by atoms with Gasteiger partial charge in [0.15, 0.2) is 5.16 Å². The van der Waals surface area contributed by atoms with Crippen LogP contribution in [0.4, 0.5) is 10.5 Å². The fourth-order valence-corrected chi connectivity index (χ4v) is 2.92. The third-order valence-electron chi connectivity index (χ3n) is 3.61. The Morgan fingerprint density at radius 2 is 2.05 bits per heavy atom. The van der Waals surface area contributed by atoms with E-state index < -0.39 is 0 Å². The molecule has 1 heterocycles. The lowest BCUT2D eigenvalue weighted by molar-refractivity contribution is 0.220. The van der Waals surface area contributed by atoms with E-state index in [0.29, 0.717) is 11.2 Å². The number of nitrogens with zero attached hydrogens (tertiary/aromatic N) is 3. The molecule has 22 heavy (non-hydrogen) atoms. The van der Waals surface area contributed by atoms with Crippen molar-refractivity contribution in [1.29, 1.82) is 0 Å². The molecule has 2 aromatic rings. The molecule has 1 saturated carbocycles. The van der Waals surface area contributed by atoms with Crippen molar-refractivity contribution in [3.63, 3.8) is 0 Å². The number of carbonyl (C=O) groups excluding carboxylic acids is 1. The van der Waals surface area contributed by atoms with E-state index in [-0.39, 0.29) is 6.03 Å². The molecule has 1 aromatic heterocycles. The Bertz CT molecular complexity index is 673. The highest BCUT2D eigenvalue weighted by Crippen LogP contribution is 2.29. The second-order valence-electron chi connectivity index (χ2n) is 5.38. The molecule has 0 bridgehead atoms. The predicted octanol–water partition coefficient (Wildman–Crippen LogP) is 3.56. The first kappa shape index (κ1) is 14.8. The molecule has 0 atom stereocenters. The van der Waals surface area contributed by atoms with Crippen LogP contribution < -0.4 is 5.32 Å². The highest BCUT2D eigenvalue weighted by atomic mass is 32.2. The van der Waals surface area contributed by atoms with Crippen LogP contribution in [0.5, 0.6) is 0 Å². The van der Waals surface area contributed by atoms with Crippen molar-refractivity contribution in [2.24, 2.45) is 0 Å². The summed E-state index contributed by atoms with van der Waals surface area (Å²) in [7, 11) is 1.85. The molecule has 1 aliphatic carbocycles. The predicted molar refractivity (Wildman–Crippen MR) is 87.1 cm³/mol. The molecule has 114 valence electrons. The summed E-state index contributed by atoms with van der Waals surface area (Å²) in [5, 5.41) is 3.68. The summed E-state index contributed by atoms with van der Waals surface area (Å²) in [5.74, 6) is 0. The Labute approximate surface area is 134 Å². The second-order valence-corrected chi connectivity index (χ2v) is 6.42. The van der Waals surface area contributed by atoms with Crippen molar-refractivity contribution in [1.82, 2.24) is 14.9 Å². The Hall–Kier alpha value is -2.08. The normalized spacial score (nSPS) is 13.7. The van der Waals surface area contributed by atoms with Gasteiger partial charge in [0, 0.05) is 36.1 Å². The molecule has 6 heteroatoms. The maximum Gasteiger partial charge on any atom is 0.321 e. The van der Waals surface area contributed by atoms with E-state index in [1.165, 1.54) is 11.8 Å². The molecule has 3 rings (SSSR count). The molecule has 1 aliphatic rings. The van der Waals surface area contributed by atoms with Crippen LogP contribution in [0.1, 0.15) is 18.4 Å². The van der Waals surface area contributed by atoms with Crippen LogP contribution in [0.15, 0.2) is 46.7 Å². The number of hydrogen-bond donors (Lipinski definition) is 1. The Morgan fingerprint density at radius 1 is 1.32 bits per heavy atom. The number of amides is 2. The molecule has 0 saturated heterocycles. The summed E-state index contributed by atoms with van der Waals surface area (Å²) in [6.07, 6.45) is 5.67. The van der Waals surface area contributed by atoms with E-state index in [9.17, 15) is 4.79 Å². The van der Waals surface area contributed by atoms with Crippen molar-refractivity contribution < 1.29 is 4.79 Å². The number of anilines is 1. The lowest BCUT2D eigenvalue weighted by Crippen LogP contribution is -2.33. The van der Waals surface area contributed by atoms with Crippen LogP contribution in [0.25, 0.3) is 0 Å². The lowest BCUT2D eigenvalue weighted by Gasteiger charge is -2.18.